The number of aromatic nitrogens is 1. The number of carbonyl (C=O) groups excluding carboxylic acids is 2. The molecular formula is C36H39N3O6. The van der Waals surface area contributed by atoms with Crippen LogP contribution in [0.2, 0.25) is 0 Å². The summed E-state index contributed by atoms with van der Waals surface area (Å²) in [5.74, 6) is 0.871. The molecule has 2 aliphatic rings. The molecule has 3 aromatic carbocycles. The predicted octanol–water partition coefficient (Wildman–Crippen LogP) is 6.23. The molecule has 1 aliphatic carbocycles. The van der Waals surface area contributed by atoms with Crippen molar-refractivity contribution < 1.29 is 28.5 Å². The van der Waals surface area contributed by atoms with Crippen LogP contribution < -0.4 is 10.5 Å². The van der Waals surface area contributed by atoms with Crippen molar-refractivity contribution in [3.63, 3.8) is 0 Å². The van der Waals surface area contributed by atoms with E-state index in [0.29, 0.717) is 44.3 Å². The van der Waals surface area contributed by atoms with E-state index in [9.17, 15) is 9.59 Å². The number of para-hydroxylation sites is 1. The maximum Gasteiger partial charge on any atom is 0.409 e. The van der Waals surface area contributed by atoms with Crippen LogP contribution in [0.15, 0.2) is 72.9 Å². The molecule has 1 atom stereocenters. The van der Waals surface area contributed by atoms with Gasteiger partial charge in [0.2, 0.25) is 0 Å². The van der Waals surface area contributed by atoms with Crippen LogP contribution in [0.1, 0.15) is 48.5 Å². The van der Waals surface area contributed by atoms with Crippen molar-refractivity contribution in [2.75, 3.05) is 46.3 Å². The second-order valence-electron chi connectivity index (χ2n) is 11.8. The molecule has 9 heteroatoms. The number of piperidine rings is 1. The van der Waals surface area contributed by atoms with E-state index in [-0.39, 0.29) is 30.0 Å². The number of rotatable bonds is 9. The Hall–Kier alpha value is -4.63. The summed E-state index contributed by atoms with van der Waals surface area (Å²) in [7, 11) is 3.05. The number of pyridine rings is 1. The molecule has 0 bridgehead atoms. The highest BCUT2D eigenvalue weighted by molar-refractivity contribution is 6.01. The van der Waals surface area contributed by atoms with E-state index >= 15 is 0 Å². The summed E-state index contributed by atoms with van der Waals surface area (Å²) in [6.07, 6.45) is 4.35. The first-order valence-electron chi connectivity index (χ1n) is 15.4. The molecule has 1 saturated heterocycles. The summed E-state index contributed by atoms with van der Waals surface area (Å²) >= 11 is 0. The number of methoxy groups -OCH3 is 2. The van der Waals surface area contributed by atoms with Crippen molar-refractivity contribution in [1.29, 1.82) is 0 Å². The fraction of sp³-hybridized carbons (Fsp3) is 0.361. The first-order chi connectivity index (χ1) is 21.9. The molecule has 0 unspecified atom stereocenters. The Morgan fingerprint density at radius 1 is 0.978 bits per heavy atom. The van der Waals surface area contributed by atoms with E-state index in [1.54, 1.807) is 18.2 Å². The molecule has 1 aromatic heterocycles. The fourth-order valence-electron chi connectivity index (χ4n) is 6.87. The number of anilines is 1. The van der Waals surface area contributed by atoms with Gasteiger partial charge in [-0.05, 0) is 65.1 Å². The van der Waals surface area contributed by atoms with Gasteiger partial charge in [-0.2, -0.15) is 0 Å². The Morgan fingerprint density at radius 2 is 1.80 bits per heavy atom. The molecular weight excluding hydrogens is 570 g/mol. The number of ether oxygens (including phenoxy) is 4. The van der Waals surface area contributed by atoms with Gasteiger partial charge >= 0.3 is 12.1 Å². The van der Waals surface area contributed by atoms with E-state index in [4.69, 9.17) is 24.7 Å². The molecule has 6 rings (SSSR count). The first-order valence-corrected chi connectivity index (χ1v) is 15.4. The quantitative estimate of drug-likeness (QED) is 0.176. The zero-order chi connectivity index (χ0) is 31.4. The number of nitrogen functional groups attached to an aromatic ring is 1. The van der Waals surface area contributed by atoms with Gasteiger partial charge in [-0.3, -0.25) is 4.79 Å². The Bertz CT molecular complexity index is 1700. The highest BCUT2D eigenvalue weighted by atomic mass is 16.5. The number of esters is 1. The zero-order valence-corrected chi connectivity index (χ0v) is 25.8. The lowest BCUT2D eigenvalue weighted by molar-refractivity contribution is -0.143. The standard InChI is InChI=1S/C36H39N3O6/c1-42-19-6-20-44-33(40)22-25-7-3-4-10-31(25)45-32-23-36(14-17-39(18-15-36)35(41)43-2)30-12-11-24(21-29(30)32)26-8-5-9-28-27(26)13-16-38-34(28)37/h3-5,7-13,16,21,32H,6,14-15,17-20,22-23H2,1-2H3,(H2,37,38)/t32-/m1/s1. The first kappa shape index (κ1) is 30.4. The normalized spacial score (nSPS) is 16.8. The van der Waals surface area contributed by atoms with Crippen molar-refractivity contribution in [2.45, 2.75) is 43.6 Å². The van der Waals surface area contributed by atoms with E-state index in [0.717, 1.165) is 52.3 Å². The minimum Gasteiger partial charge on any atom is -0.485 e. The number of amides is 1. The average Bonchev–Trinajstić information content (AvgIpc) is 3.35. The van der Waals surface area contributed by atoms with Crippen molar-refractivity contribution in [3.05, 3.63) is 89.6 Å². The van der Waals surface area contributed by atoms with Crippen molar-refractivity contribution in [1.82, 2.24) is 9.88 Å². The lowest BCUT2D eigenvalue weighted by Crippen LogP contribution is -2.44. The molecule has 1 fully saturated rings. The number of nitrogens with zero attached hydrogens (tertiary/aromatic N) is 2. The van der Waals surface area contributed by atoms with Gasteiger partial charge in [0.1, 0.15) is 17.7 Å². The monoisotopic (exact) mass is 609 g/mol. The highest BCUT2D eigenvalue weighted by Gasteiger charge is 2.47. The van der Waals surface area contributed by atoms with Crippen LogP contribution >= 0.6 is 0 Å². The number of nitrogens with two attached hydrogens (primary N) is 1. The SMILES string of the molecule is COCCCOC(=O)Cc1ccccc1O[C@@H]1CC2(CCN(C(=O)OC)CC2)c2ccc(-c3cccc4c(N)nccc34)cc21. The van der Waals surface area contributed by atoms with Crippen molar-refractivity contribution in [3.8, 4) is 16.9 Å². The van der Waals surface area contributed by atoms with Crippen molar-refractivity contribution >= 4 is 28.7 Å². The van der Waals surface area contributed by atoms with E-state index in [1.807, 2.05) is 42.5 Å². The van der Waals surface area contributed by atoms with Gasteiger partial charge in [-0.1, -0.05) is 48.5 Å². The average molecular weight is 610 g/mol. The highest BCUT2D eigenvalue weighted by Crippen LogP contribution is 2.53. The van der Waals surface area contributed by atoms with E-state index in [1.165, 1.54) is 12.7 Å². The molecule has 0 saturated carbocycles. The third kappa shape index (κ3) is 6.17. The summed E-state index contributed by atoms with van der Waals surface area (Å²) in [5.41, 5.74) is 11.4. The largest absolute Gasteiger partial charge is 0.485 e. The molecule has 0 radical (unpaired) electrons. The number of fused-ring (bicyclic) bond motifs is 3. The summed E-state index contributed by atoms with van der Waals surface area (Å²) < 4.78 is 22.3. The minimum atomic E-state index is -0.298. The Kier molecular flexibility index (Phi) is 8.89. The van der Waals surface area contributed by atoms with Gasteiger partial charge in [0.25, 0.3) is 0 Å². The van der Waals surface area contributed by atoms with Crippen molar-refractivity contribution in [2.24, 2.45) is 0 Å². The molecule has 1 spiro atoms. The molecule has 9 nitrogen and oxygen atoms in total. The van der Waals surface area contributed by atoms with E-state index < -0.39 is 0 Å². The zero-order valence-electron chi connectivity index (χ0n) is 25.8. The summed E-state index contributed by atoms with van der Waals surface area (Å²) in [4.78, 5) is 31.0. The molecule has 2 heterocycles. The summed E-state index contributed by atoms with van der Waals surface area (Å²) in [6.45, 7) is 2.08. The maximum absolute atomic E-state index is 12.7. The smallest absolute Gasteiger partial charge is 0.409 e. The molecule has 2 N–H and O–H groups in total. The number of hydrogen-bond donors (Lipinski definition) is 1. The number of likely N-dealkylation sites (tertiary alicyclic amines) is 1. The van der Waals surface area contributed by atoms with Gasteiger partial charge in [-0.15, -0.1) is 0 Å². The second-order valence-corrected chi connectivity index (χ2v) is 11.8. The lowest BCUT2D eigenvalue weighted by Gasteiger charge is -2.39. The summed E-state index contributed by atoms with van der Waals surface area (Å²) in [6, 6.07) is 22.4. The summed E-state index contributed by atoms with van der Waals surface area (Å²) in [5, 5.41) is 1.95. The molecule has 1 aliphatic heterocycles. The second kappa shape index (κ2) is 13.2. The molecule has 45 heavy (non-hydrogen) atoms. The third-order valence-electron chi connectivity index (χ3n) is 9.18. The molecule has 234 valence electrons. The van der Waals surface area contributed by atoms with Gasteiger partial charge in [0.15, 0.2) is 0 Å². The number of carbonyl (C=O) groups is 2. The molecule has 4 aromatic rings. The lowest BCUT2D eigenvalue weighted by atomic mass is 9.73. The van der Waals surface area contributed by atoms with Gasteiger partial charge in [0, 0.05) is 55.8 Å². The Labute approximate surface area is 263 Å². The van der Waals surface area contributed by atoms with Gasteiger partial charge in [-0.25, -0.2) is 9.78 Å². The minimum absolute atomic E-state index is 0.119. The van der Waals surface area contributed by atoms with Crippen LogP contribution in [0.5, 0.6) is 5.75 Å². The van der Waals surface area contributed by atoms with Crippen LogP contribution in [0.25, 0.3) is 21.9 Å². The predicted molar refractivity (Wildman–Crippen MR) is 172 cm³/mol. The topological polar surface area (TPSA) is 113 Å². The van der Waals surface area contributed by atoms with Crippen LogP contribution in [0.3, 0.4) is 0 Å². The number of hydrogen-bond acceptors (Lipinski definition) is 8. The Balaban J connectivity index is 1.33. The maximum atomic E-state index is 12.7. The van der Waals surface area contributed by atoms with Gasteiger partial charge in [0.05, 0.1) is 20.1 Å². The van der Waals surface area contributed by atoms with Crippen LogP contribution in [0.4, 0.5) is 10.6 Å². The Morgan fingerprint density at radius 3 is 2.60 bits per heavy atom. The number of benzene rings is 3. The third-order valence-corrected chi connectivity index (χ3v) is 9.18. The van der Waals surface area contributed by atoms with Crippen LogP contribution in [-0.4, -0.2) is 62.5 Å². The molecule has 1 amide bonds. The van der Waals surface area contributed by atoms with Gasteiger partial charge < -0.3 is 29.6 Å². The fourth-order valence-corrected chi connectivity index (χ4v) is 6.87. The van der Waals surface area contributed by atoms with Crippen LogP contribution in [-0.2, 0) is 30.8 Å². The van der Waals surface area contributed by atoms with E-state index in [2.05, 4.69) is 29.2 Å². The van der Waals surface area contributed by atoms with Crippen LogP contribution in [0, 0.1) is 0 Å².